The standard InChI is InChI=1S/C32H38N4O7/c1-31(2)12-17(37)24-21(14-31)42-22-15-32(3,4)13-18(38)25(22)23(24)16-9-10-19(20(11-16)41-8)43-29-33-27-26(34(29)5)28(39)36(7)30(40)35(27)6/h9-11,23,26-27H,12-15H2,1-8H3/t26-,27-/m1/s1. The molecule has 6 rings (SSSR count). The van der Waals surface area contributed by atoms with E-state index in [1.807, 2.05) is 6.07 Å². The monoisotopic (exact) mass is 590 g/mol. The van der Waals surface area contributed by atoms with Gasteiger partial charge in [0, 0.05) is 63.9 Å². The second kappa shape index (κ2) is 9.68. The van der Waals surface area contributed by atoms with E-state index < -0.39 is 24.2 Å². The fraction of sp³-hybridized carbons (Fsp3) is 0.531. The molecule has 1 aromatic carbocycles. The van der Waals surface area contributed by atoms with Gasteiger partial charge < -0.3 is 24.0 Å². The van der Waals surface area contributed by atoms with E-state index in [2.05, 4.69) is 32.7 Å². The highest BCUT2D eigenvalue weighted by Gasteiger charge is 2.51. The second-order valence-corrected chi connectivity index (χ2v) is 13.8. The van der Waals surface area contributed by atoms with Gasteiger partial charge in [0.1, 0.15) is 11.5 Å². The predicted molar refractivity (Wildman–Crippen MR) is 156 cm³/mol. The highest BCUT2D eigenvalue weighted by Crippen LogP contribution is 2.53. The topological polar surface area (TPSA) is 118 Å². The van der Waals surface area contributed by atoms with Crippen molar-refractivity contribution in [3.05, 3.63) is 46.4 Å². The number of ketones is 2. The third kappa shape index (κ3) is 4.60. The highest BCUT2D eigenvalue weighted by atomic mass is 16.5. The molecular weight excluding hydrogens is 552 g/mol. The van der Waals surface area contributed by atoms with Gasteiger partial charge in [0.2, 0.25) is 0 Å². The molecular formula is C32H38N4O7. The van der Waals surface area contributed by atoms with Crippen molar-refractivity contribution in [1.82, 2.24) is 14.7 Å². The summed E-state index contributed by atoms with van der Waals surface area (Å²) in [5, 5.41) is 0. The van der Waals surface area contributed by atoms with Gasteiger partial charge >= 0.3 is 6.03 Å². The van der Waals surface area contributed by atoms with Crippen LogP contribution in [0.1, 0.15) is 64.9 Å². The number of urea groups is 1. The van der Waals surface area contributed by atoms with Crippen molar-refractivity contribution in [2.75, 3.05) is 28.3 Å². The molecule has 0 N–H and O–H groups in total. The number of imide groups is 1. The van der Waals surface area contributed by atoms with Gasteiger partial charge in [-0.25, -0.2) is 9.79 Å². The van der Waals surface area contributed by atoms with Crippen molar-refractivity contribution in [3.8, 4) is 11.5 Å². The summed E-state index contributed by atoms with van der Waals surface area (Å²) in [6.45, 7) is 8.22. The van der Waals surface area contributed by atoms with Crippen LogP contribution in [0, 0.1) is 10.8 Å². The number of fused-ring (bicyclic) bond motifs is 1. The van der Waals surface area contributed by atoms with Crippen LogP contribution >= 0.6 is 0 Å². The van der Waals surface area contributed by atoms with Gasteiger partial charge in [-0.1, -0.05) is 33.8 Å². The number of ether oxygens (including phenoxy) is 3. The van der Waals surface area contributed by atoms with Crippen LogP contribution < -0.4 is 9.47 Å². The molecule has 0 saturated carbocycles. The number of benzene rings is 1. The van der Waals surface area contributed by atoms with Gasteiger partial charge in [-0.2, -0.15) is 0 Å². The maximum atomic E-state index is 13.6. The lowest BCUT2D eigenvalue weighted by molar-refractivity contribution is -0.135. The molecule has 3 amide bonds. The van der Waals surface area contributed by atoms with E-state index in [1.54, 1.807) is 31.1 Å². The van der Waals surface area contributed by atoms with Crippen LogP contribution in [0.5, 0.6) is 11.5 Å². The van der Waals surface area contributed by atoms with Crippen molar-refractivity contribution >= 4 is 29.5 Å². The maximum Gasteiger partial charge on any atom is 0.328 e. The number of Topliss-reactive ketones (excluding diaryl/α,β-unsaturated/α-hetero) is 2. The number of rotatable bonds is 3. The van der Waals surface area contributed by atoms with Gasteiger partial charge in [0.15, 0.2) is 35.3 Å². The normalized spacial score (nSPS) is 26.7. The summed E-state index contributed by atoms with van der Waals surface area (Å²) in [5.74, 6) is 1.03. The zero-order valence-corrected chi connectivity index (χ0v) is 25.9. The first-order valence-corrected chi connectivity index (χ1v) is 14.5. The van der Waals surface area contributed by atoms with Gasteiger partial charge in [-0.15, -0.1) is 0 Å². The van der Waals surface area contributed by atoms with Crippen molar-refractivity contribution in [2.24, 2.45) is 15.8 Å². The molecule has 43 heavy (non-hydrogen) atoms. The number of hydrogen-bond acceptors (Lipinski definition) is 9. The van der Waals surface area contributed by atoms with Crippen LogP contribution in [-0.4, -0.2) is 84.7 Å². The van der Waals surface area contributed by atoms with Crippen LogP contribution in [0.25, 0.3) is 0 Å². The summed E-state index contributed by atoms with van der Waals surface area (Å²) >= 11 is 0. The van der Waals surface area contributed by atoms with E-state index >= 15 is 0 Å². The summed E-state index contributed by atoms with van der Waals surface area (Å²) in [4.78, 5) is 61.3. The number of allylic oxidation sites excluding steroid dienone is 4. The van der Waals surface area contributed by atoms with Crippen LogP contribution in [-0.2, 0) is 19.1 Å². The number of amidine groups is 1. The van der Waals surface area contributed by atoms with Gasteiger partial charge in [0.05, 0.1) is 7.11 Å². The molecule has 3 aliphatic heterocycles. The summed E-state index contributed by atoms with van der Waals surface area (Å²) < 4.78 is 18.3. The quantitative estimate of drug-likeness (QED) is 0.519. The zero-order valence-electron chi connectivity index (χ0n) is 25.9. The van der Waals surface area contributed by atoms with Crippen molar-refractivity contribution in [1.29, 1.82) is 0 Å². The first-order valence-electron chi connectivity index (χ1n) is 14.5. The molecule has 0 aromatic heterocycles. The third-order valence-electron chi connectivity index (χ3n) is 9.12. The zero-order chi connectivity index (χ0) is 31.2. The minimum atomic E-state index is -0.720. The van der Waals surface area contributed by atoms with E-state index in [9.17, 15) is 19.2 Å². The summed E-state index contributed by atoms with van der Waals surface area (Å²) in [7, 11) is 6.24. The summed E-state index contributed by atoms with van der Waals surface area (Å²) in [5.41, 5.74) is 1.32. The maximum absolute atomic E-state index is 13.6. The van der Waals surface area contributed by atoms with Crippen LogP contribution in [0.3, 0.4) is 0 Å². The molecule has 1 saturated heterocycles. The third-order valence-corrected chi connectivity index (χ3v) is 9.12. The largest absolute Gasteiger partial charge is 0.493 e. The number of nitrogens with zero attached hydrogens (tertiary/aromatic N) is 4. The average molecular weight is 591 g/mol. The molecule has 2 aliphatic carbocycles. The molecule has 0 unspecified atom stereocenters. The summed E-state index contributed by atoms with van der Waals surface area (Å²) in [6, 6.07) is 4.36. The first kappa shape index (κ1) is 28.9. The van der Waals surface area contributed by atoms with E-state index in [0.717, 1.165) is 10.5 Å². The lowest BCUT2D eigenvalue weighted by Crippen LogP contribution is -2.63. The van der Waals surface area contributed by atoms with E-state index in [1.165, 1.54) is 19.1 Å². The van der Waals surface area contributed by atoms with Gasteiger partial charge in [-0.3, -0.25) is 19.3 Å². The van der Waals surface area contributed by atoms with Crippen LogP contribution in [0.4, 0.5) is 4.79 Å². The molecule has 228 valence electrons. The lowest BCUT2D eigenvalue weighted by atomic mass is 9.65. The number of carbonyl (C=O) groups excluding carboxylic acids is 4. The highest BCUT2D eigenvalue weighted by molar-refractivity contribution is 6.06. The second-order valence-electron chi connectivity index (χ2n) is 13.8. The Labute approximate surface area is 251 Å². The Kier molecular flexibility index (Phi) is 6.52. The van der Waals surface area contributed by atoms with Crippen LogP contribution in [0.15, 0.2) is 45.9 Å². The molecule has 0 spiro atoms. The Morgan fingerprint density at radius 1 is 0.837 bits per heavy atom. The molecule has 11 heteroatoms. The van der Waals surface area contributed by atoms with Crippen LogP contribution in [0.2, 0.25) is 0 Å². The minimum absolute atomic E-state index is 0.0161. The van der Waals surface area contributed by atoms with Crippen molar-refractivity contribution in [3.63, 3.8) is 0 Å². The Balaban J connectivity index is 1.39. The Morgan fingerprint density at radius 3 is 1.98 bits per heavy atom. The minimum Gasteiger partial charge on any atom is -0.493 e. The average Bonchev–Trinajstić information content (AvgIpc) is 3.24. The smallest absolute Gasteiger partial charge is 0.328 e. The number of amides is 3. The first-order chi connectivity index (χ1) is 20.1. The molecule has 3 heterocycles. The molecule has 2 atom stereocenters. The lowest BCUT2D eigenvalue weighted by Gasteiger charge is -2.42. The molecule has 5 aliphatic rings. The number of hydrogen-bond donors (Lipinski definition) is 0. The van der Waals surface area contributed by atoms with Gasteiger partial charge in [-0.05, 0) is 28.5 Å². The number of carbonyl (C=O) groups is 4. The summed E-state index contributed by atoms with van der Waals surface area (Å²) in [6.07, 6.45) is 1.22. The number of methoxy groups -OCH3 is 1. The molecule has 1 aromatic rings. The number of aliphatic imine (C=N–C) groups is 1. The molecule has 0 radical (unpaired) electrons. The Hall–Kier alpha value is -4.15. The molecule has 1 fully saturated rings. The van der Waals surface area contributed by atoms with Crippen molar-refractivity contribution in [2.45, 2.75) is 71.5 Å². The SMILES string of the molecule is COc1cc(C2C3=C(CC(C)(C)CC3=O)OC3=C2C(=O)CC(C)(C)C3)ccc1OC1=N[C@H]2[C@H](C(=O)N(C)C(=O)N2C)N1C. The fourth-order valence-electron chi connectivity index (χ4n) is 6.98. The Morgan fingerprint density at radius 2 is 1.42 bits per heavy atom. The fourth-order valence-corrected chi connectivity index (χ4v) is 6.98. The van der Waals surface area contributed by atoms with Gasteiger partial charge in [0.25, 0.3) is 11.9 Å². The molecule has 0 bridgehead atoms. The van der Waals surface area contributed by atoms with Crippen molar-refractivity contribution < 1.29 is 33.4 Å². The number of likely N-dealkylation sites (N-methyl/N-ethyl adjacent to an activating group) is 3. The van der Waals surface area contributed by atoms with E-state index in [-0.39, 0.29) is 34.3 Å². The van der Waals surface area contributed by atoms with E-state index in [0.29, 0.717) is 59.8 Å². The molecule has 11 nitrogen and oxygen atoms in total. The van der Waals surface area contributed by atoms with E-state index in [4.69, 9.17) is 14.2 Å². The predicted octanol–water partition coefficient (Wildman–Crippen LogP) is 3.99. The Bertz CT molecular complexity index is 1520.